The van der Waals surface area contributed by atoms with Gasteiger partial charge in [-0.3, -0.25) is 24.6 Å². The molecule has 2 saturated heterocycles. The summed E-state index contributed by atoms with van der Waals surface area (Å²) in [6.07, 6.45) is 4.27. The van der Waals surface area contributed by atoms with Gasteiger partial charge in [0.1, 0.15) is 17.9 Å². The standard InChI is InChI=1S/C22H27N3O4S/c26-20-7-6-18(21(27)23-20)25-13-14-12-15(4-5-16(14)22(25)28)29-19-3-1-2-17(19)24-8-10-30-11-9-24/h4-5,12,17-19H,1-3,6-11,13H2,(H,23,26,27). The third-order valence-corrected chi connectivity index (χ3v) is 7.66. The molecule has 5 rings (SSSR count). The average molecular weight is 430 g/mol. The van der Waals surface area contributed by atoms with Gasteiger partial charge in [-0.15, -0.1) is 0 Å². The van der Waals surface area contributed by atoms with Gasteiger partial charge in [-0.1, -0.05) is 0 Å². The highest BCUT2D eigenvalue weighted by Crippen LogP contribution is 2.33. The van der Waals surface area contributed by atoms with Gasteiger partial charge in [0.25, 0.3) is 5.91 Å². The van der Waals surface area contributed by atoms with Crippen molar-refractivity contribution in [3.8, 4) is 5.75 Å². The Morgan fingerprint density at radius 1 is 1.07 bits per heavy atom. The Labute approximate surface area is 180 Å². The number of nitrogens with one attached hydrogen (secondary N) is 1. The van der Waals surface area contributed by atoms with Crippen molar-refractivity contribution in [3.63, 3.8) is 0 Å². The molecule has 0 spiro atoms. The van der Waals surface area contributed by atoms with Crippen molar-refractivity contribution in [2.45, 2.75) is 56.8 Å². The molecule has 3 aliphatic heterocycles. The Morgan fingerprint density at radius 2 is 1.90 bits per heavy atom. The van der Waals surface area contributed by atoms with E-state index in [4.69, 9.17) is 4.74 Å². The van der Waals surface area contributed by atoms with E-state index in [1.165, 1.54) is 24.3 Å². The highest BCUT2D eigenvalue weighted by Gasteiger charge is 2.39. The SMILES string of the molecule is O=C1CCC(N2Cc3cc(OC4CCCC4N4CCSCC4)ccc3C2=O)C(=O)N1. The van der Waals surface area contributed by atoms with Crippen LogP contribution in [-0.2, 0) is 16.1 Å². The van der Waals surface area contributed by atoms with Crippen LogP contribution in [0, 0.1) is 0 Å². The molecule has 3 heterocycles. The summed E-state index contributed by atoms with van der Waals surface area (Å²) in [6.45, 7) is 2.65. The van der Waals surface area contributed by atoms with Gasteiger partial charge < -0.3 is 9.64 Å². The largest absolute Gasteiger partial charge is 0.489 e. The van der Waals surface area contributed by atoms with Gasteiger partial charge >= 0.3 is 0 Å². The molecular weight excluding hydrogens is 402 g/mol. The Morgan fingerprint density at radius 3 is 2.70 bits per heavy atom. The number of rotatable bonds is 4. The molecule has 3 fully saturated rings. The molecule has 0 bridgehead atoms. The van der Waals surface area contributed by atoms with Crippen molar-refractivity contribution >= 4 is 29.5 Å². The number of fused-ring (bicyclic) bond motifs is 1. The zero-order chi connectivity index (χ0) is 20.7. The molecule has 4 aliphatic rings. The lowest BCUT2D eigenvalue weighted by Gasteiger charge is -2.35. The number of thioether (sulfide) groups is 1. The summed E-state index contributed by atoms with van der Waals surface area (Å²) >= 11 is 2.02. The van der Waals surface area contributed by atoms with Crippen molar-refractivity contribution in [2.75, 3.05) is 24.6 Å². The fraction of sp³-hybridized carbons (Fsp3) is 0.591. The van der Waals surface area contributed by atoms with Crippen molar-refractivity contribution in [1.29, 1.82) is 0 Å². The van der Waals surface area contributed by atoms with E-state index < -0.39 is 6.04 Å². The second kappa shape index (κ2) is 8.23. The van der Waals surface area contributed by atoms with E-state index >= 15 is 0 Å². The van der Waals surface area contributed by atoms with Crippen LogP contribution >= 0.6 is 11.8 Å². The zero-order valence-corrected chi connectivity index (χ0v) is 17.8. The fourth-order valence-electron chi connectivity index (χ4n) is 5.17. The maximum absolute atomic E-state index is 12.8. The van der Waals surface area contributed by atoms with E-state index in [-0.39, 0.29) is 30.2 Å². The van der Waals surface area contributed by atoms with Crippen LogP contribution in [0.1, 0.15) is 48.0 Å². The average Bonchev–Trinajstić information content (AvgIpc) is 3.33. The van der Waals surface area contributed by atoms with Crippen LogP contribution in [0.4, 0.5) is 0 Å². The molecule has 30 heavy (non-hydrogen) atoms. The number of hydrogen-bond acceptors (Lipinski definition) is 6. The molecule has 1 aromatic carbocycles. The summed E-state index contributed by atoms with van der Waals surface area (Å²) < 4.78 is 6.42. The van der Waals surface area contributed by atoms with Crippen LogP contribution < -0.4 is 10.1 Å². The van der Waals surface area contributed by atoms with Gasteiger partial charge in [0.15, 0.2) is 0 Å². The lowest BCUT2D eigenvalue weighted by Crippen LogP contribution is -2.52. The Bertz CT molecular complexity index is 870. The molecule has 0 aromatic heterocycles. The van der Waals surface area contributed by atoms with E-state index in [2.05, 4.69) is 10.2 Å². The zero-order valence-electron chi connectivity index (χ0n) is 17.0. The molecule has 1 aromatic rings. The molecule has 1 aliphatic carbocycles. The van der Waals surface area contributed by atoms with Gasteiger partial charge in [-0.2, -0.15) is 11.8 Å². The number of benzene rings is 1. The maximum Gasteiger partial charge on any atom is 0.255 e. The first-order chi connectivity index (χ1) is 14.6. The Balaban J connectivity index is 1.28. The van der Waals surface area contributed by atoms with Crippen LogP contribution in [0.15, 0.2) is 18.2 Å². The lowest BCUT2D eigenvalue weighted by atomic mass is 10.0. The van der Waals surface area contributed by atoms with Gasteiger partial charge in [-0.25, -0.2) is 0 Å². The van der Waals surface area contributed by atoms with E-state index in [1.54, 1.807) is 4.90 Å². The summed E-state index contributed by atoms with van der Waals surface area (Å²) in [6, 6.07) is 5.55. The first-order valence-electron chi connectivity index (χ1n) is 10.9. The smallest absolute Gasteiger partial charge is 0.255 e. The number of carbonyl (C=O) groups excluding carboxylic acids is 3. The van der Waals surface area contributed by atoms with Crippen LogP contribution in [0.2, 0.25) is 0 Å². The van der Waals surface area contributed by atoms with Crippen LogP contribution in [0.25, 0.3) is 0 Å². The minimum absolute atomic E-state index is 0.143. The number of imide groups is 1. The Kier molecular flexibility index (Phi) is 5.45. The third-order valence-electron chi connectivity index (χ3n) is 6.71. The number of amides is 3. The predicted molar refractivity (Wildman–Crippen MR) is 113 cm³/mol. The van der Waals surface area contributed by atoms with E-state index in [9.17, 15) is 14.4 Å². The maximum atomic E-state index is 12.8. The number of hydrogen-bond donors (Lipinski definition) is 1. The molecule has 8 heteroatoms. The molecule has 3 unspecified atom stereocenters. The monoisotopic (exact) mass is 429 g/mol. The summed E-state index contributed by atoms with van der Waals surface area (Å²) in [4.78, 5) is 40.7. The predicted octanol–water partition coefficient (Wildman–Crippen LogP) is 1.80. The number of carbonyl (C=O) groups is 3. The van der Waals surface area contributed by atoms with Crippen molar-refractivity contribution in [1.82, 2.24) is 15.1 Å². The van der Waals surface area contributed by atoms with Gasteiger partial charge in [-0.05, 0) is 49.4 Å². The van der Waals surface area contributed by atoms with Gasteiger partial charge in [0.2, 0.25) is 11.8 Å². The van der Waals surface area contributed by atoms with Crippen LogP contribution in [-0.4, -0.2) is 70.3 Å². The van der Waals surface area contributed by atoms with Gasteiger partial charge in [0, 0.05) is 49.2 Å². The second-order valence-corrected chi connectivity index (χ2v) is 9.75. The fourth-order valence-corrected chi connectivity index (χ4v) is 6.10. The molecule has 160 valence electrons. The summed E-state index contributed by atoms with van der Waals surface area (Å²) in [5.74, 6) is 2.40. The normalized spacial score (nSPS) is 29.8. The first kappa shape index (κ1) is 19.9. The number of nitrogens with zero attached hydrogens (tertiary/aromatic N) is 2. The van der Waals surface area contributed by atoms with Crippen molar-refractivity contribution in [3.05, 3.63) is 29.3 Å². The van der Waals surface area contributed by atoms with Gasteiger partial charge in [0.05, 0.1) is 0 Å². The second-order valence-electron chi connectivity index (χ2n) is 8.52. The van der Waals surface area contributed by atoms with Crippen LogP contribution in [0.3, 0.4) is 0 Å². The lowest BCUT2D eigenvalue weighted by molar-refractivity contribution is -0.136. The summed E-state index contributed by atoms with van der Waals surface area (Å²) in [5, 5.41) is 2.35. The third kappa shape index (κ3) is 3.71. The highest BCUT2D eigenvalue weighted by atomic mass is 32.2. The quantitative estimate of drug-likeness (QED) is 0.736. The molecular formula is C22H27N3O4S. The molecule has 1 saturated carbocycles. The van der Waals surface area contributed by atoms with E-state index in [0.717, 1.165) is 30.8 Å². The molecule has 3 atom stereocenters. The molecule has 0 radical (unpaired) electrons. The first-order valence-corrected chi connectivity index (χ1v) is 12.0. The number of piperidine rings is 1. The van der Waals surface area contributed by atoms with E-state index in [1.807, 2.05) is 30.0 Å². The molecule has 1 N–H and O–H groups in total. The van der Waals surface area contributed by atoms with Crippen molar-refractivity contribution < 1.29 is 19.1 Å². The minimum atomic E-state index is -0.580. The highest BCUT2D eigenvalue weighted by molar-refractivity contribution is 7.99. The van der Waals surface area contributed by atoms with Crippen molar-refractivity contribution in [2.24, 2.45) is 0 Å². The summed E-state index contributed by atoms with van der Waals surface area (Å²) in [7, 11) is 0. The molecule has 7 nitrogen and oxygen atoms in total. The number of ether oxygens (including phenoxy) is 1. The van der Waals surface area contributed by atoms with E-state index in [0.29, 0.717) is 24.6 Å². The topological polar surface area (TPSA) is 79.0 Å². The summed E-state index contributed by atoms with van der Waals surface area (Å²) in [5.41, 5.74) is 1.52. The molecule has 3 amide bonds. The Hall–Kier alpha value is -2.06. The minimum Gasteiger partial charge on any atom is -0.489 e. The van der Waals surface area contributed by atoms with Crippen LogP contribution in [0.5, 0.6) is 5.75 Å².